The van der Waals surface area contributed by atoms with Crippen molar-refractivity contribution in [2.75, 3.05) is 39.6 Å². The molecule has 2 rings (SSSR count). The summed E-state index contributed by atoms with van der Waals surface area (Å²) < 4.78 is 5.22. The van der Waals surface area contributed by atoms with Crippen LogP contribution in [0.3, 0.4) is 0 Å². The second kappa shape index (κ2) is 4.74. The van der Waals surface area contributed by atoms with Gasteiger partial charge in [0.15, 0.2) is 0 Å². The van der Waals surface area contributed by atoms with Gasteiger partial charge in [0.25, 0.3) is 0 Å². The summed E-state index contributed by atoms with van der Waals surface area (Å²) >= 11 is 0. The number of rotatable bonds is 3. The molecule has 1 aromatic carbocycles. The summed E-state index contributed by atoms with van der Waals surface area (Å²) in [5.41, 5.74) is 2.63. The van der Waals surface area contributed by atoms with Gasteiger partial charge in [-0.3, -0.25) is 0 Å². The molecule has 0 saturated carbocycles. The number of anilines is 1. The summed E-state index contributed by atoms with van der Waals surface area (Å²) in [5, 5.41) is 3.49. The Morgan fingerprint density at radius 3 is 2.94 bits per heavy atom. The molecule has 1 atom stereocenters. The third-order valence-electron chi connectivity index (χ3n) is 3.03. The predicted molar refractivity (Wildman–Crippen MR) is 67.2 cm³/mol. The van der Waals surface area contributed by atoms with E-state index < -0.39 is 0 Å². The Labute approximate surface area is 97.4 Å². The molecule has 0 bridgehead atoms. The van der Waals surface area contributed by atoms with Gasteiger partial charge >= 0.3 is 0 Å². The maximum Gasteiger partial charge on any atom is 0.120 e. The SMILES string of the molecule is COc1ccc2c(c1)NCC(CN(C)C)C2. The predicted octanol–water partition coefficient (Wildman–Crippen LogP) is 1.84. The minimum atomic E-state index is 0.705. The maximum absolute atomic E-state index is 5.22. The summed E-state index contributed by atoms with van der Waals surface area (Å²) in [4.78, 5) is 2.25. The van der Waals surface area contributed by atoms with E-state index in [0.717, 1.165) is 25.3 Å². The number of nitrogens with zero attached hydrogens (tertiary/aromatic N) is 1. The van der Waals surface area contributed by atoms with Crippen LogP contribution in [-0.4, -0.2) is 39.2 Å². The zero-order chi connectivity index (χ0) is 11.5. The van der Waals surface area contributed by atoms with Gasteiger partial charge in [0.05, 0.1) is 7.11 Å². The second-order valence-electron chi connectivity index (χ2n) is 4.74. The van der Waals surface area contributed by atoms with Crippen molar-refractivity contribution in [3.8, 4) is 5.75 Å². The van der Waals surface area contributed by atoms with Gasteiger partial charge in [-0.15, -0.1) is 0 Å². The molecule has 1 aromatic rings. The first kappa shape index (κ1) is 11.3. The van der Waals surface area contributed by atoms with E-state index in [2.05, 4.69) is 36.4 Å². The Morgan fingerprint density at radius 2 is 2.25 bits per heavy atom. The lowest BCUT2D eigenvalue weighted by molar-refractivity contribution is 0.328. The average molecular weight is 220 g/mol. The normalized spacial score (nSPS) is 19.1. The van der Waals surface area contributed by atoms with Gasteiger partial charge in [-0.25, -0.2) is 0 Å². The molecule has 0 saturated heterocycles. The van der Waals surface area contributed by atoms with Crippen molar-refractivity contribution < 1.29 is 4.74 Å². The van der Waals surface area contributed by atoms with Crippen molar-refractivity contribution in [1.29, 1.82) is 0 Å². The highest BCUT2D eigenvalue weighted by atomic mass is 16.5. The number of benzene rings is 1. The lowest BCUT2D eigenvalue weighted by Gasteiger charge is -2.28. The zero-order valence-corrected chi connectivity index (χ0v) is 10.3. The topological polar surface area (TPSA) is 24.5 Å². The Hall–Kier alpha value is -1.22. The van der Waals surface area contributed by atoms with E-state index in [-0.39, 0.29) is 0 Å². The van der Waals surface area contributed by atoms with E-state index in [1.54, 1.807) is 7.11 Å². The Balaban J connectivity index is 2.09. The second-order valence-corrected chi connectivity index (χ2v) is 4.74. The lowest BCUT2D eigenvalue weighted by Crippen LogP contribution is -2.31. The molecule has 88 valence electrons. The number of fused-ring (bicyclic) bond motifs is 1. The van der Waals surface area contributed by atoms with Crippen LogP contribution in [0.1, 0.15) is 5.56 Å². The fraction of sp³-hybridized carbons (Fsp3) is 0.538. The first-order valence-corrected chi connectivity index (χ1v) is 5.74. The van der Waals surface area contributed by atoms with Gasteiger partial charge < -0.3 is 15.0 Å². The Morgan fingerprint density at radius 1 is 1.44 bits per heavy atom. The van der Waals surface area contributed by atoms with Gasteiger partial charge in [-0.1, -0.05) is 6.07 Å². The van der Waals surface area contributed by atoms with Crippen molar-refractivity contribution >= 4 is 5.69 Å². The van der Waals surface area contributed by atoms with E-state index in [0.29, 0.717) is 5.92 Å². The van der Waals surface area contributed by atoms with Crippen molar-refractivity contribution in [2.24, 2.45) is 5.92 Å². The number of hydrogen-bond donors (Lipinski definition) is 1. The Kier molecular flexibility index (Phi) is 3.34. The van der Waals surface area contributed by atoms with Crippen molar-refractivity contribution in [2.45, 2.75) is 6.42 Å². The highest BCUT2D eigenvalue weighted by Gasteiger charge is 2.18. The molecular weight excluding hydrogens is 200 g/mol. The highest BCUT2D eigenvalue weighted by molar-refractivity contribution is 5.57. The number of methoxy groups -OCH3 is 1. The number of nitrogens with one attached hydrogen (secondary N) is 1. The first-order chi connectivity index (χ1) is 7.69. The van der Waals surface area contributed by atoms with Gasteiger partial charge in [0.2, 0.25) is 0 Å². The van der Waals surface area contributed by atoms with E-state index in [9.17, 15) is 0 Å². The third-order valence-corrected chi connectivity index (χ3v) is 3.03. The van der Waals surface area contributed by atoms with Crippen LogP contribution in [0, 0.1) is 5.92 Å². The lowest BCUT2D eigenvalue weighted by atomic mass is 9.93. The van der Waals surface area contributed by atoms with Crippen LogP contribution in [-0.2, 0) is 6.42 Å². The molecule has 1 aliphatic rings. The molecule has 1 unspecified atom stereocenters. The molecule has 1 N–H and O–H groups in total. The average Bonchev–Trinajstić information content (AvgIpc) is 2.27. The van der Waals surface area contributed by atoms with Crippen LogP contribution < -0.4 is 10.1 Å². The largest absolute Gasteiger partial charge is 0.497 e. The fourth-order valence-electron chi connectivity index (χ4n) is 2.31. The highest BCUT2D eigenvalue weighted by Crippen LogP contribution is 2.28. The summed E-state index contributed by atoms with van der Waals surface area (Å²) in [6.45, 7) is 2.19. The van der Waals surface area contributed by atoms with Crippen LogP contribution in [0.5, 0.6) is 5.75 Å². The van der Waals surface area contributed by atoms with Crippen molar-refractivity contribution in [3.63, 3.8) is 0 Å². The molecule has 0 aromatic heterocycles. The summed E-state index contributed by atoms with van der Waals surface area (Å²) in [5.74, 6) is 1.63. The van der Waals surface area contributed by atoms with Gasteiger partial charge in [0, 0.05) is 24.8 Å². The molecule has 0 fully saturated rings. The standard InChI is InChI=1S/C13H20N2O/c1-15(2)9-10-6-11-4-5-12(16-3)7-13(11)14-8-10/h4-5,7,10,14H,6,8-9H2,1-3H3. The van der Waals surface area contributed by atoms with Gasteiger partial charge in [-0.2, -0.15) is 0 Å². The molecule has 1 aliphatic heterocycles. The van der Waals surface area contributed by atoms with Crippen molar-refractivity contribution in [3.05, 3.63) is 23.8 Å². The van der Waals surface area contributed by atoms with Crippen LogP contribution in [0.4, 0.5) is 5.69 Å². The third kappa shape index (κ3) is 2.47. The molecule has 0 amide bonds. The van der Waals surface area contributed by atoms with Crippen molar-refractivity contribution in [1.82, 2.24) is 4.90 Å². The van der Waals surface area contributed by atoms with Crippen LogP contribution in [0.25, 0.3) is 0 Å². The summed E-state index contributed by atoms with van der Waals surface area (Å²) in [7, 11) is 5.96. The van der Waals surface area contributed by atoms with Crippen LogP contribution >= 0.6 is 0 Å². The smallest absolute Gasteiger partial charge is 0.120 e. The van der Waals surface area contributed by atoms with Gasteiger partial charge in [-0.05, 0) is 38.1 Å². The molecule has 3 heteroatoms. The molecule has 0 aliphatic carbocycles. The molecule has 3 nitrogen and oxygen atoms in total. The summed E-state index contributed by atoms with van der Waals surface area (Å²) in [6, 6.07) is 6.29. The molecular formula is C13H20N2O. The Bertz CT molecular complexity index is 363. The van der Waals surface area contributed by atoms with E-state index in [1.807, 2.05) is 6.07 Å². The van der Waals surface area contributed by atoms with E-state index in [1.165, 1.54) is 11.3 Å². The first-order valence-electron chi connectivity index (χ1n) is 5.74. The molecule has 0 radical (unpaired) electrons. The molecule has 0 spiro atoms. The molecule has 1 heterocycles. The monoisotopic (exact) mass is 220 g/mol. The van der Waals surface area contributed by atoms with Gasteiger partial charge in [0.1, 0.15) is 5.75 Å². The summed E-state index contributed by atoms with van der Waals surface area (Å²) in [6.07, 6.45) is 1.16. The molecule has 16 heavy (non-hydrogen) atoms. The maximum atomic E-state index is 5.22. The number of hydrogen-bond acceptors (Lipinski definition) is 3. The van der Waals surface area contributed by atoms with Crippen LogP contribution in [0.15, 0.2) is 18.2 Å². The minimum Gasteiger partial charge on any atom is -0.497 e. The fourth-order valence-corrected chi connectivity index (χ4v) is 2.31. The minimum absolute atomic E-state index is 0.705. The number of ether oxygens (including phenoxy) is 1. The quantitative estimate of drug-likeness (QED) is 0.841. The van der Waals surface area contributed by atoms with E-state index in [4.69, 9.17) is 4.74 Å². The van der Waals surface area contributed by atoms with E-state index >= 15 is 0 Å². The zero-order valence-electron chi connectivity index (χ0n) is 10.3. The van der Waals surface area contributed by atoms with Crippen LogP contribution in [0.2, 0.25) is 0 Å².